The number of benzene rings is 2. The third kappa shape index (κ3) is 3.85. The molecule has 2 radical (unpaired) electrons. The molecule has 0 fully saturated rings. The number of hydrogen-bond donors (Lipinski definition) is 0. The fourth-order valence-corrected chi connectivity index (χ4v) is 5.37. The third-order valence-corrected chi connectivity index (χ3v) is 6.10. The quantitative estimate of drug-likeness (QED) is 0.738. The van der Waals surface area contributed by atoms with Gasteiger partial charge in [0.15, 0.2) is 0 Å². The van der Waals surface area contributed by atoms with Crippen LogP contribution in [-0.2, 0) is 0 Å². The molecule has 0 amide bonds. The van der Waals surface area contributed by atoms with E-state index in [0.29, 0.717) is 29.9 Å². The van der Waals surface area contributed by atoms with Crippen LogP contribution >= 0.6 is 0 Å². The van der Waals surface area contributed by atoms with Gasteiger partial charge >= 0.3 is 104 Å². The van der Waals surface area contributed by atoms with Crippen molar-refractivity contribution in [2.45, 2.75) is 0 Å². The average Bonchev–Trinajstić information content (AvgIpc) is 2.32. The Morgan fingerprint density at radius 3 is 1.40 bits per heavy atom. The van der Waals surface area contributed by atoms with Crippen molar-refractivity contribution in [3.63, 3.8) is 0 Å². The minimum absolute atomic E-state index is 0.400. The first-order valence-electron chi connectivity index (χ1n) is 4.64. The average molecular weight is 324 g/mol. The summed E-state index contributed by atoms with van der Waals surface area (Å²) in [5.74, 6) is 0. The van der Waals surface area contributed by atoms with Crippen LogP contribution in [0.5, 0.6) is 0 Å². The Kier molecular flexibility index (Phi) is 4.50. The van der Waals surface area contributed by atoms with E-state index in [1.165, 1.54) is 8.92 Å². The van der Waals surface area contributed by atoms with Crippen LogP contribution in [0.15, 0.2) is 60.7 Å². The van der Waals surface area contributed by atoms with Crippen LogP contribution < -0.4 is 8.92 Å². The molecule has 2 aromatic carbocycles. The maximum absolute atomic E-state index is 3.54. The van der Waals surface area contributed by atoms with E-state index in [0.717, 1.165) is 0 Å². The molecule has 2 heteroatoms. The van der Waals surface area contributed by atoms with Crippen molar-refractivity contribution in [1.82, 2.24) is 0 Å². The Morgan fingerprint density at radius 2 is 1.00 bits per heavy atom. The summed E-state index contributed by atoms with van der Waals surface area (Å²) in [4.78, 5) is 0. The summed E-state index contributed by atoms with van der Waals surface area (Å²) in [7, 11) is 0. The van der Waals surface area contributed by atoms with Gasteiger partial charge in [0, 0.05) is 0 Å². The zero-order chi connectivity index (χ0) is 10.3. The molecule has 0 aliphatic carbocycles. The van der Waals surface area contributed by atoms with E-state index in [2.05, 4.69) is 64.9 Å². The van der Waals surface area contributed by atoms with Gasteiger partial charge in [-0.2, -0.15) is 0 Å². The Balaban J connectivity index is 1.81. The van der Waals surface area contributed by atoms with E-state index < -0.39 is 0 Å². The Morgan fingerprint density at radius 1 is 0.600 bits per heavy atom. The zero-order valence-corrected chi connectivity index (χ0v) is 11.5. The molecule has 0 spiro atoms. The second-order valence-electron chi connectivity index (χ2n) is 2.91. The molecule has 0 heterocycles. The molecule has 0 aromatic heterocycles. The molecule has 0 aliphatic rings. The van der Waals surface area contributed by atoms with Crippen molar-refractivity contribution in [3.05, 3.63) is 64.9 Å². The van der Waals surface area contributed by atoms with E-state index in [1.807, 2.05) is 0 Å². The van der Waals surface area contributed by atoms with Gasteiger partial charge in [0.05, 0.1) is 0 Å². The second-order valence-corrected chi connectivity index (χ2v) is 7.91. The molecule has 0 saturated carbocycles. The molecule has 2 aromatic rings. The Labute approximate surface area is 103 Å². The van der Waals surface area contributed by atoms with Gasteiger partial charge in [-0.25, -0.2) is 0 Å². The summed E-state index contributed by atoms with van der Waals surface area (Å²) in [6.45, 7) is 0. The van der Waals surface area contributed by atoms with Gasteiger partial charge in [0.25, 0.3) is 0 Å². The molecule has 2 rings (SSSR count). The van der Waals surface area contributed by atoms with Crippen molar-refractivity contribution >= 4 is 38.8 Å². The fraction of sp³-hybridized carbons (Fsp3) is 0. The predicted molar refractivity (Wildman–Crippen MR) is 66.9 cm³/mol. The SMILES string of the molecule is [C]([Se]c1ccccc1)[Se]c1ccccc1. The van der Waals surface area contributed by atoms with Crippen molar-refractivity contribution in [3.8, 4) is 0 Å². The number of hydrogen-bond acceptors (Lipinski definition) is 0. The van der Waals surface area contributed by atoms with Crippen LogP contribution in [0.25, 0.3) is 0 Å². The summed E-state index contributed by atoms with van der Waals surface area (Å²) >= 11 is 0.800. The van der Waals surface area contributed by atoms with Crippen molar-refractivity contribution in [2.24, 2.45) is 0 Å². The van der Waals surface area contributed by atoms with Crippen LogP contribution in [0.3, 0.4) is 0 Å². The normalized spacial score (nSPS) is 10.1. The van der Waals surface area contributed by atoms with Crippen LogP contribution in [0.4, 0.5) is 0 Å². The summed E-state index contributed by atoms with van der Waals surface area (Å²) < 4.78 is 6.35. The standard InChI is InChI=1S/C13H10Se2/c1-3-7-12(8-4-1)14-11-15-13-9-5-2-6-10-13/h1-10H. The summed E-state index contributed by atoms with van der Waals surface area (Å²) in [5.41, 5.74) is 0. The molecule has 0 saturated heterocycles. The Bertz CT molecular complexity index is 344. The van der Waals surface area contributed by atoms with Crippen LogP contribution in [-0.4, -0.2) is 29.9 Å². The van der Waals surface area contributed by atoms with Crippen molar-refractivity contribution < 1.29 is 0 Å². The van der Waals surface area contributed by atoms with Gasteiger partial charge in [0.1, 0.15) is 0 Å². The first kappa shape index (κ1) is 11.0. The van der Waals surface area contributed by atoms with Gasteiger partial charge in [-0.05, 0) is 0 Å². The van der Waals surface area contributed by atoms with Gasteiger partial charge < -0.3 is 0 Å². The molecule has 15 heavy (non-hydrogen) atoms. The van der Waals surface area contributed by atoms with Gasteiger partial charge in [-0.3, -0.25) is 0 Å². The molecular formula is C13H10Se2. The van der Waals surface area contributed by atoms with Crippen LogP contribution in [0.2, 0.25) is 0 Å². The molecular weight excluding hydrogens is 314 g/mol. The first-order valence-corrected chi connectivity index (χ1v) is 8.06. The van der Waals surface area contributed by atoms with E-state index in [4.69, 9.17) is 0 Å². The molecule has 0 atom stereocenters. The van der Waals surface area contributed by atoms with E-state index in [-0.39, 0.29) is 0 Å². The second kappa shape index (κ2) is 6.15. The molecule has 0 bridgehead atoms. The van der Waals surface area contributed by atoms with E-state index in [9.17, 15) is 0 Å². The molecule has 0 unspecified atom stereocenters. The van der Waals surface area contributed by atoms with Gasteiger partial charge in [-0.1, -0.05) is 0 Å². The van der Waals surface area contributed by atoms with Gasteiger partial charge in [0.2, 0.25) is 0 Å². The van der Waals surface area contributed by atoms with Crippen LogP contribution in [0, 0.1) is 4.22 Å². The monoisotopic (exact) mass is 326 g/mol. The predicted octanol–water partition coefficient (Wildman–Crippen LogP) is 1.04. The minimum atomic E-state index is 0.400. The molecule has 0 N–H and O–H groups in total. The fourth-order valence-electron chi connectivity index (χ4n) is 1.09. The maximum atomic E-state index is 3.54. The Hall–Kier alpha value is -0.521. The first-order chi connectivity index (χ1) is 7.45. The summed E-state index contributed by atoms with van der Waals surface area (Å²) in [6.07, 6.45) is 0. The zero-order valence-electron chi connectivity index (χ0n) is 8.09. The number of rotatable bonds is 4. The van der Waals surface area contributed by atoms with E-state index >= 15 is 0 Å². The topological polar surface area (TPSA) is 0 Å². The van der Waals surface area contributed by atoms with E-state index in [1.54, 1.807) is 0 Å². The van der Waals surface area contributed by atoms with Crippen LogP contribution in [0.1, 0.15) is 0 Å². The molecule has 0 aliphatic heterocycles. The summed E-state index contributed by atoms with van der Waals surface area (Å²) in [6, 6.07) is 21.2. The van der Waals surface area contributed by atoms with Gasteiger partial charge in [-0.15, -0.1) is 0 Å². The molecule has 0 nitrogen and oxygen atoms in total. The molecule has 74 valence electrons. The van der Waals surface area contributed by atoms with Crippen molar-refractivity contribution in [2.75, 3.05) is 0 Å². The third-order valence-electron chi connectivity index (χ3n) is 1.81. The summed E-state index contributed by atoms with van der Waals surface area (Å²) in [5, 5.41) is 0. The van der Waals surface area contributed by atoms with Crippen molar-refractivity contribution in [1.29, 1.82) is 0 Å².